The Labute approximate surface area is 106 Å². The molecule has 0 spiro atoms. The Morgan fingerprint density at radius 1 is 1.44 bits per heavy atom. The van der Waals surface area contributed by atoms with Crippen molar-refractivity contribution in [3.05, 3.63) is 42.0 Å². The number of carbonyl (C=O) groups excluding carboxylic acids is 1. The highest BCUT2D eigenvalue weighted by Gasteiger charge is 2.08. The summed E-state index contributed by atoms with van der Waals surface area (Å²) in [6.45, 7) is 5.75. The van der Waals surface area contributed by atoms with Gasteiger partial charge in [0.15, 0.2) is 0 Å². The van der Waals surface area contributed by atoms with Crippen LogP contribution in [0.2, 0.25) is 0 Å². The topological polar surface area (TPSA) is 78.4 Å². The van der Waals surface area contributed by atoms with E-state index in [2.05, 4.69) is 17.2 Å². The second-order valence-electron chi connectivity index (χ2n) is 3.79. The molecule has 5 nitrogen and oxygen atoms in total. The highest BCUT2D eigenvalue weighted by atomic mass is 16.4. The van der Waals surface area contributed by atoms with Crippen LogP contribution in [0.15, 0.2) is 30.9 Å². The lowest BCUT2D eigenvalue weighted by Crippen LogP contribution is -2.29. The van der Waals surface area contributed by atoms with Crippen LogP contribution in [-0.4, -0.2) is 23.7 Å². The summed E-state index contributed by atoms with van der Waals surface area (Å²) in [6, 6.07) is 4.33. The van der Waals surface area contributed by atoms with Gasteiger partial charge in [0.25, 0.3) is 0 Å². The molecule has 5 heteroatoms. The van der Waals surface area contributed by atoms with Gasteiger partial charge in [0.1, 0.15) is 0 Å². The number of carboxylic acid groups (broad SMARTS) is 1. The van der Waals surface area contributed by atoms with Gasteiger partial charge in [0.05, 0.1) is 5.56 Å². The second kappa shape index (κ2) is 6.44. The average Bonchev–Trinajstić information content (AvgIpc) is 2.28. The third-order valence-electron chi connectivity index (χ3n) is 2.35. The van der Waals surface area contributed by atoms with Crippen molar-refractivity contribution in [2.45, 2.75) is 13.3 Å². The van der Waals surface area contributed by atoms with Crippen LogP contribution in [0, 0.1) is 6.92 Å². The molecule has 1 aromatic rings. The van der Waals surface area contributed by atoms with Crippen LogP contribution in [0.4, 0.5) is 10.5 Å². The SMILES string of the molecule is C=CCCNC(=O)Nc1ccc(C(=O)O)c(C)c1. The maximum Gasteiger partial charge on any atom is 0.335 e. The predicted octanol–water partition coefficient (Wildman–Crippen LogP) is 2.39. The maximum atomic E-state index is 11.4. The monoisotopic (exact) mass is 248 g/mol. The van der Waals surface area contributed by atoms with E-state index in [9.17, 15) is 9.59 Å². The zero-order chi connectivity index (χ0) is 13.5. The fraction of sp³-hybridized carbons (Fsp3) is 0.231. The number of aryl methyl sites for hydroxylation is 1. The van der Waals surface area contributed by atoms with Crippen molar-refractivity contribution in [1.82, 2.24) is 5.32 Å². The summed E-state index contributed by atoms with van der Waals surface area (Å²) < 4.78 is 0. The van der Waals surface area contributed by atoms with E-state index in [-0.39, 0.29) is 11.6 Å². The minimum Gasteiger partial charge on any atom is -0.478 e. The van der Waals surface area contributed by atoms with Crippen LogP contribution in [0.1, 0.15) is 22.3 Å². The van der Waals surface area contributed by atoms with Gasteiger partial charge in [0, 0.05) is 12.2 Å². The van der Waals surface area contributed by atoms with Crippen LogP contribution in [-0.2, 0) is 0 Å². The van der Waals surface area contributed by atoms with E-state index in [0.717, 1.165) is 0 Å². The molecule has 0 heterocycles. The Balaban J connectivity index is 2.63. The number of carboxylic acids is 1. The van der Waals surface area contributed by atoms with Gasteiger partial charge in [-0.05, 0) is 37.1 Å². The summed E-state index contributed by atoms with van der Waals surface area (Å²) in [4.78, 5) is 22.3. The number of benzene rings is 1. The number of urea groups is 1. The average molecular weight is 248 g/mol. The van der Waals surface area contributed by atoms with Crippen LogP contribution in [0.3, 0.4) is 0 Å². The highest BCUT2D eigenvalue weighted by molar-refractivity contribution is 5.92. The third kappa shape index (κ3) is 3.93. The second-order valence-corrected chi connectivity index (χ2v) is 3.79. The number of anilines is 1. The molecule has 0 aliphatic heterocycles. The number of hydrogen-bond donors (Lipinski definition) is 3. The summed E-state index contributed by atoms with van der Waals surface area (Å²) in [6.07, 6.45) is 2.41. The van der Waals surface area contributed by atoms with E-state index in [1.54, 1.807) is 25.1 Å². The molecule has 2 amide bonds. The van der Waals surface area contributed by atoms with Crippen molar-refractivity contribution in [2.24, 2.45) is 0 Å². The smallest absolute Gasteiger partial charge is 0.335 e. The molecule has 3 N–H and O–H groups in total. The van der Waals surface area contributed by atoms with Crippen molar-refractivity contribution in [2.75, 3.05) is 11.9 Å². The first-order valence-electron chi connectivity index (χ1n) is 5.54. The van der Waals surface area contributed by atoms with Gasteiger partial charge >= 0.3 is 12.0 Å². The normalized spacial score (nSPS) is 9.61. The maximum absolute atomic E-state index is 11.4. The minimum absolute atomic E-state index is 0.229. The number of carbonyl (C=O) groups is 2. The zero-order valence-electron chi connectivity index (χ0n) is 10.2. The van der Waals surface area contributed by atoms with Crippen molar-refractivity contribution in [3.8, 4) is 0 Å². The molecular weight excluding hydrogens is 232 g/mol. The molecule has 0 radical (unpaired) electrons. The zero-order valence-corrected chi connectivity index (χ0v) is 10.2. The molecule has 0 bridgehead atoms. The van der Waals surface area contributed by atoms with Crippen LogP contribution in [0.5, 0.6) is 0 Å². The molecule has 0 aliphatic carbocycles. The lowest BCUT2D eigenvalue weighted by Gasteiger charge is -2.08. The molecule has 0 unspecified atom stereocenters. The number of amides is 2. The lowest BCUT2D eigenvalue weighted by atomic mass is 10.1. The molecule has 1 aromatic carbocycles. The summed E-state index contributed by atoms with van der Waals surface area (Å²) in [5, 5.41) is 14.2. The van der Waals surface area contributed by atoms with E-state index in [1.165, 1.54) is 6.07 Å². The molecule has 0 atom stereocenters. The molecule has 0 saturated heterocycles. The summed E-state index contributed by atoms with van der Waals surface area (Å²) >= 11 is 0. The molecule has 96 valence electrons. The Morgan fingerprint density at radius 3 is 2.72 bits per heavy atom. The van der Waals surface area contributed by atoms with Crippen molar-refractivity contribution in [1.29, 1.82) is 0 Å². The van der Waals surface area contributed by atoms with Gasteiger partial charge in [-0.3, -0.25) is 0 Å². The first-order valence-corrected chi connectivity index (χ1v) is 5.54. The summed E-state index contributed by atoms with van der Waals surface area (Å²) in [7, 11) is 0. The van der Waals surface area contributed by atoms with E-state index < -0.39 is 5.97 Å². The van der Waals surface area contributed by atoms with Gasteiger partial charge in [-0.1, -0.05) is 6.08 Å². The van der Waals surface area contributed by atoms with E-state index >= 15 is 0 Å². The van der Waals surface area contributed by atoms with Crippen LogP contribution in [0.25, 0.3) is 0 Å². The van der Waals surface area contributed by atoms with Crippen LogP contribution >= 0.6 is 0 Å². The van der Waals surface area contributed by atoms with E-state index in [1.807, 2.05) is 0 Å². The summed E-state index contributed by atoms with van der Waals surface area (Å²) in [5.41, 5.74) is 1.40. The fourth-order valence-corrected chi connectivity index (χ4v) is 1.44. The highest BCUT2D eigenvalue weighted by Crippen LogP contribution is 2.15. The first-order chi connectivity index (χ1) is 8.54. The van der Waals surface area contributed by atoms with E-state index in [0.29, 0.717) is 24.2 Å². The van der Waals surface area contributed by atoms with E-state index in [4.69, 9.17) is 5.11 Å². The third-order valence-corrected chi connectivity index (χ3v) is 2.35. The Morgan fingerprint density at radius 2 is 2.17 bits per heavy atom. The van der Waals surface area contributed by atoms with Gasteiger partial charge < -0.3 is 15.7 Å². The minimum atomic E-state index is -0.977. The quantitative estimate of drug-likeness (QED) is 0.553. The largest absolute Gasteiger partial charge is 0.478 e. The van der Waals surface area contributed by atoms with Gasteiger partial charge in [-0.25, -0.2) is 9.59 Å². The number of hydrogen-bond acceptors (Lipinski definition) is 2. The number of nitrogens with one attached hydrogen (secondary N) is 2. The lowest BCUT2D eigenvalue weighted by molar-refractivity contribution is 0.0696. The van der Waals surface area contributed by atoms with Gasteiger partial charge in [0.2, 0.25) is 0 Å². The molecule has 0 aromatic heterocycles. The fourth-order valence-electron chi connectivity index (χ4n) is 1.44. The molecule has 18 heavy (non-hydrogen) atoms. The standard InChI is InChI=1S/C13H16N2O3/c1-3-4-7-14-13(18)15-10-5-6-11(12(16)17)9(2)8-10/h3,5-6,8H,1,4,7H2,2H3,(H,16,17)(H2,14,15,18). The first kappa shape index (κ1) is 13.8. The Hall–Kier alpha value is -2.30. The van der Waals surface area contributed by atoms with Gasteiger partial charge in [-0.2, -0.15) is 0 Å². The van der Waals surface area contributed by atoms with Crippen molar-refractivity contribution in [3.63, 3.8) is 0 Å². The molecule has 0 saturated carbocycles. The molecular formula is C13H16N2O3. The number of aromatic carboxylic acids is 1. The predicted molar refractivity (Wildman–Crippen MR) is 70.0 cm³/mol. The van der Waals surface area contributed by atoms with Crippen molar-refractivity contribution >= 4 is 17.7 Å². The molecule has 0 aliphatic rings. The Bertz CT molecular complexity index is 469. The molecule has 1 rings (SSSR count). The number of rotatable bonds is 5. The van der Waals surface area contributed by atoms with Crippen LogP contribution < -0.4 is 10.6 Å². The summed E-state index contributed by atoms with van der Waals surface area (Å²) in [5.74, 6) is -0.977. The van der Waals surface area contributed by atoms with Crippen molar-refractivity contribution < 1.29 is 14.7 Å². The molecule has 0 fully saturated rings. The van der Waals surface area contributed by atoms with Gasteiger partial charge in [-0.15, -0.1) is 6.58 Å². The Kier molecular flexibility index (Phi) is 4.92.